The maximum absolute atomic E-state index is 15.3. The van der Waals surface area contributed by atoms with Crippen molar-refractivity contribution in [1.29, 1.82) is 0 Å². The van der Waals surface area contributed by atoms with E-state index in [1.807, 2.05) is 39.0 Å². The van der Waals surface area contributed by atoms with Crippen molar-refractivity contribution < 1.29 is 37.4 Å². The summed E-state index contributed by atoms with van der Waals surface area (Å²) in [5.74, 6) is -2.97. The van der Waals surface area contributed by atoms with Crippen LogP contribution in [0.15, 0.2) is 60.7 Å². The first-order valence-corrected chi connectivity index (χ1v) is 20.1. The molecule has 2 heterocycles. The second-order valence-electron chi connectivity index (χ2n) is 16.3. The zero-order valence-electron chi connectivity index (χ0n) is 33.4. The molecule has 0 spiro atoms. The molecule has 10 nitrogen and oxygen atoms in total. The monoisotopic (exact) mass is 800 g/mol. The smallest absolute Gasteiger partial charge is 0.410 e. The van der Waals surface area contributed by atoms with Gasteiger partial charge >= 0.3 is 12.1 Å². The molecule has 1 aromatic heterocycles. The fraction of sp³-hybridized carbons (Fsp3) is 0.409. The molecule has 3 aromatic carbocycles. The van der Waals surface area contributed by atoms with Gasteiger partial charge in [-0.3, -0.25) is 14.5 Å². The van der Waals surface area contributed by atoms with Gasteiger partial charge in [0, 0.05) is 53.4 Å². The largest absolute Gasteiger partial charge is 0.465 e. The van der Waals surface area contributed by atoms with Crippen LogP contribution in [0.3, 0.4) is 0 Å². The minimum atomic E-state index is -0.787. The number of hydrogen-bond acceptors (Lipinski definition) is 8. The van der Waals surface area contributed by atoms with Gasteiger partial charge in [-0.25, -0.2) is 18.4 Å². The Hall–Kier alpha value is -5.14. The lowest BCUT2D eigenvalue weighted by Crippen LogP contribution is -2.60. The Morgan fingerprint density at radius 1 is 0.842 bits per heavy atom. The summed E-state index contributed by atoms with van der Waals surface area (Å²) in [7, 11) is 1.30. The number of carbonyl (C=O) groups excluding carboxylic acids is 4. The molecule has 2 aliphatic rings. The van der Waals surface area contributed by atoms with Gasteiger partial charge in [0.1, 0.15) is 22.2 Å². The molecule has 6 rings (SSSR count). The van der Waals surface area contributed by atoms with E-state index in [1.165, 1.54) is 18.4 Å². The average molecular weight is 801 g/mol. The number of thiophene rings is 1. The molecular weight excluding hydrogens is 751 g/mol. The average Bonchev–Trinajstić information content (AvgIpc) is 3.52. The Labute approximate surface area is 336 Å². The first kappa shape index (κ1) is 41.5. The van der Waals surface area contributed by atoms with Gasteiger partial charge in [0.2, 0.25) is 0 Å². The second kappa shape index (κ2) is 17.2. The van der Waals surface area contributed by atoms with Crippen LogP contribution in [0, 0.1) is 11.6 Å². The highest BCUT2D eigenvalue weighted by molar-refractivity contribution is 7.17. The number of nitrogens with zero attached hydrogens (tertiary/aromatic N) is 2. The van der Waals surface area contributed by atoms with Crippen molar-refractivity contribution in [1.82, 2.24) is 9.80 Å². The van der Waals surface area contributed by atoms with Gasteiger partial charge in [0.15, 0.2) is 0 Å². The molecule has 1 fully saturated rings. The topological polar surface area (TPSA) is 117 Å². The maximum atomic E-state index is 15.3. The van der Waals surface area contributed by atoms with Crippen LogP contribution >= 0.6 is 11.3 Å². The van der Waals surface area contributed by atoms with Gasteiger partial charge in [0.25, 0.3) is 11.8 Å². The van der Waals surface area contributed by atoms with Crippen LogP contribution in [-0.4, -0.2) is 71.6 Å². The number of piperazine rings is 1. The van der Waals surface area contributed by atoms with E-state index in [0.29, 0.717) is 60.7 Å². The minimum absolute atomic E-state index is 0.0308. The van der Waals surface area contributed by atoms with Gasteiger partial charge in [-0.05, 0) is 126 Å². The quantitative estimate of drug-likeness (QED) is 0.154. The van der Waals surface area contributed by atoms with Crippen LogP contribution in [-0.2, 0) is 41.7 Å². The Kier molecular flexibility index (Phi) is 12.5. The van der Waals surface area contributed by atoms with Crippen LogP contribution in [0.2, 0.25) is 0 Å². The molecule has 0 bridgehead atoms. The van der Waals surface area contributed by atoms with Crippen molar-refractivity contribution in [3.8, 4) is 0 Å². The molecule has 4 aromatic rings. The zero-order valence-corrected chi connectivity index (χ0v) is 34.2. The third kappa shape index (κ3) is 10.1. The molecule has 1 aliphatic heterocycles. The summed E-state index contributed by atoms with van der Waals surface area (Å²) >= 11 is 1.36. The maximum Gasteiger partial charge on any atom is 0.410 e. The number of benzene rings is 3. The third-order valence-corrected chi connectivity index (χ3v) is 11.6. The number of methoxy groups -OCH3 is 1. The molecule has 1 saturated heterocycles. The molecule has 2 N–H and O–H groups in total. The molecular formula is C44H50F2N4O6S. The van der Waals surface area contributed by atoms with E-state index in [9.17, 15) is 19.2 Å². The van der Waals surface area contributed by atoms with E-state index in [1.54, 1.807) is 35.2 Å². The van der Waals surface area contributed by atoms with E-state index in [0.717, 1.165) is 53.0 Å². The number of esters is 1. The van der Waals surface area contributed by atoms with Crippen LogP contribution in [0.5, 0.6) is 0 Å². The van der Waals surface area contributed by atoms with Crippen LogP contribution in [0.25, 0.3) is 0 Å². The van der Waals surface area contributed by atoms with E-state index in [4.69, 9.17) is 9.47 Å². The number of nitrogens with one attached hydrogen (secondary N) is 2. The summed E-state index contributed by atoms with van der Waals surface area (Å²) in [6.07, 6.45) is 3.33. The fourth-order valence-electron chi connectivity index (χ4n) is 7.37. The molecule has 3 amide bonds. The highest BCUT2D eigenvalue weighted by Crippen LogP contribution is 2.39. The van der Waals surface area contributed by atoms with Gasteiger partial charge in [-0.15, -0.1) is 11.3 Å². The Balaban J connectivity index is 1.13. The van der Waals surface area contributed by atoms with E-state index in [2.05, 4.69) is 29.4 Å². The highest BCUT2D eigenvalue weighted by Gasteiger charge is 2.37. The number of hydrogen-bond donors (Lipinski definition) is 2. The number of anilines is 2. The summed E-state index contributed by atoms with van der Waals surface area (Å²) in [5.41, 5.74) is 2.61. The lowest BCUT2D eigenvalue weighted by Gasteiger charge is -2.47. The highest BCUT2D eigenvalue weighted by atomic mass is 32.1. The fourth-order valence-corrected chi connectivity index (χ4v) is 8.65. The number of rotatable bonds is 10. The number of aryl methyl sites for hydroxylation is 2. The summed E-state index contributed by atoms with van der Waals surface area (Å²) < 4.78 is 41.0. The molecule has 302 valence electrons. The van der Waals surface area contributed by atoms with Crippen LogP contribution < -0.4 is 10.6 Å². The third-order valence-electron chi connectivity index (χ3n) is 10.4. The SMILES string of the molecule is COC(=O)c1ccc(CCc2c(F)cc(NC(=O)c3c(NC(=O)c4cccc(CN5CCN(C(=O)OC(C)(C)C)CC5(C)C)c4)sc4c3CCCC4)cc2F)cc1. The lowest BCUT2D eigenvalue weighted by molar-refractivity contribution is -0.0177. The second-order valence-corrected chi connectivity index (χ2v) is 17.4. The molecule has 0 saturated carbocycles. The number of halogens is 2. The Bertz CT molecular complexity index is 2140. The van der Waals surface area contributed by atoms with E-state index in [-0.39, 0.29) is 35.2 Å². The minimum Gasteiger partial charge on any atom is -0.465 e. The van der Waals surface area contributed by atoms with Crippen molar-refractivity contribution in [2.45, 2.75) is 90.8 Å². The van der Waals surface area contributed by atoms with Crippen LogP contribution in [0.1, 0.15) is 106 Å². The van der Waals surface area contributed by atoms with Gasteiger partial charge in [-0.1, -0.05) is 24.3 Å². The summed E-state index contributed by atoms with van der Waals surface area (Å²) in [5, 5.41) is 6.07. The molecule has 57 heavy (non-hydrogen) atoms. The number of amides is 3. The van der Waals surface area contributed by atoms with E-state index >= 15 is 8.78 Å². The Morgan fingerprint density at radius 3 is 2.21 bits per heavy atom. The van der Waals surface area contributed by atoms with Crippen LogP contribution in [0.4, 0.5) is 24.3 Å². The summed E-state index contributed by atoms with van der Waals surface area (Å²) in [6, 6.07) is 16.2. The van der Waals surface area contributed by atoms with E-state index < -0.39 is 29.1 Å². The van der Waals surface area contributed by atoms with Crippen molar-refractivity contribution in [2.24, 2.45) is 0 Å². The Morgan fingerprint density at radius 2 is 1.54 bits per heavy atom. The van der Waals surface area contributed by atoms with Gasteiger partial charge < -0.3 is 25.0 Å². The number of ether oxygens (including phenoxy) is 2. The predicted octanol–water partition coefficient (Wildman–Crippen LogP) is 8.81. The molecule has 13 heteroatoms. The van der Waals surface area contributed by atoms with Crippen molar-refractivity contribution in [2.75, 3.05) is 37.4 Å². The standard InChI is InChI=1S/C44H50F2N4O6S/c1-43(2,3)56-42(54)49-20-21-50(44(4,5)26-49)25-28-10-9-11-30(22-28)38(51)48-40-37(33-12-7-8-13-36(33)57-40)39(52)47-31-23-34(45)32(35(46)24-31)19-16-27-14-17-29(18-15-27)41(53)55-6/h9-11,14-15,17-18,22-24H,7-8,12-13,16,19-21,25-26H2,1-6H3,(H,47,52)(H,48,51). The summed E-state index contributed by atoms with van der Waals surface area (Å²) in [4.78, 5) is 57.2. The first-order chi connectivity index (χ1) is 27.0. The van der Waals surface area contributed by atoms with Crippen molar-refractivity contribution in [3.05, 3.63) is 116 Å². The van der Waals surface area contributed by atoms with Crippen molar-refractivity contribution >= 4 is 45.9 Å². The number of carbonyl (C=O) groups is 4. The normalized spacial score (nSPS) is 15.4. The molecule has 0 unspecified atom stereocenters. The predicted molar refractivity (Wildman–Crippen MR) is 217 cm³/mol. The van der Waals surface area contributed by atoms with Crippen molar-refractivity contribution in [3.63, 3.8) is 0 Å². The molecule has 1 aliphatic carbocycles. The molecule has 0 atom stereocenters. The zero-order chi connectivity index (χ0) is 41.1. The lowest BCUT2D eigenvalue weighted by atomic mass is 9.95. The van der Waals surface area contributed by atoms with Gasteiger partial charge in [0.05, 0.1) is 18.2 Å². The van der Waals surface area contributed by atoms with Gasteiger partial charge in [-0.2, -0.15) is 0 Å². The number of fused-ring (bicyclic) bond motifs is 1. The first-order valence-electron chi connectivity index (χ1n) is 19.3. The summed E-state index contributed by atoms with van der Waals surface area (Å²) in [6.45, 7) is 11.9. The molecule has 0 radical (unpaired) electrons.